The topological polar surface area (TPSA) is 58.6 Å². The van der Waals surface area contributed by atoms with Gasteiger partial charge in [0.25, 0.3) is 0 Å². The first-order chi connectivity index (χ1) is 10.8. The average Bonchev–Trinajstić information content (AvgIpc) is 2.44. The van der Waals surface area contributed by atoms with Gasteiger partial charge in [0.15, 0.2) is 0 Å². The highest BCUT2D eigenvalue weighted by Crippen LogP contribution is 2.25. The molecule has 1 aromatic rings. The van der Waals surface area contributed by atoms with Crippen LogP contribution >= 0.6 is 27.5 Å². The Bertz CT molecular complexity index is 640. The molecule has 1 aromatic carbocycles. The first-order valence-electron chi connectivity index (χ1n) is 7.56. The summed E-state index contributed by atoms with van der Waals surface area (Å²) in [6, 6.07) is 4.71. The Labute approximate surface area is 151 Å². The molecule has 8 heteroatoms. The van der Waals surface area contributed by atoms with E-state index < -0.39 is 10.0 Å². The summed E-state index contributed by atoms with van der Waals surface area (Å²) in [6.45, 7) is 7.81. The number of benzene rings is 1. The largest absolute Gasteiger partial charge is 0.374 e. The highest BCUT2D eigenvalue weighted by atomic mass is 79.9. The Balaban J connectivity index is 1.96. The highest BCUT2D eigenvalue weighted by Gasteiger charge is 2.24. The lowest BCUT2D eigenvalue weighted by molar-refractivity contribution is -0.0280. The molecule has 23 heavy (non-hydrogen) atoms. The third kappa shape index (κ3) is 5.69. The number of nitrogens with zero attached hydrogens (tertiary/aromatic N) is 1. The second-order valence-electron chi connectivity index (χ2n) is 6.07. The summed E-state index contributed by atoms with van der Waals surface area (Å²) in [7, 11) is -3.65. The van der Waals surface area contributed by atoms with Crippen molar-refractivity contribution in [2.45, 2.75) is 24.8 Å². The van der Waals surface area contributed by atoms with Gasteiger partial charge < -0.3 is 4.74 Å². The van der Waals surface area contributed by atoms with Crippen LogP contribution in [0.25, 0.3) is 0 Å². The van der Waals surface area contributed by atoms with Gasteiger partial charge in [-0.05, 0) is 24.1 Å². The van der Waals surface area contributed by atoms with Gasteiger partial charge >= 0.3 is 0 Å². The number of sulfonamides is 1. The number of ether oxygens (including phenoxy) is 1. The van der Waals surface area contributed by atoms with E-state index in [0.717, 1.165) is 24.1 Å². The Kier molecular flexibility index (Phi) is 6.88. The summed E-state index contributed by atoms with van der Waals surface area (Å²) in [4.78, 5) is 2.39. The minimum atomic E-state index is -3.65. The van der Waals surface area contributed by atoms with Crippen LogP contribution in [0.5, 0.6) is 0 Å². The van der Waals surface area contributed by atoms with Crippen molar-refractivity contribution in [2.24, 2.45) is 5.92 Å². The molecule has 0 amide bonds. The van der Waals surface area contributed by atoms with E-state index in [2.05, 4.69) is 39.4 Å². The van der Waals surface area contributed by atoms with Crippen molar-refractivity contribution in [1.29, 1.82) is 0 Å². The van der Waals surface area contributed by atoms with Gasteiger partial charge in [0, 0.05) is 30.7 Å². The minimum Gasteiger partial charge on any atom is -0.374 e. The molecule has 0 radical (unpaired) electrons. The Hall–Kier alpha value is -0.180. The summed E-state index contributed by atoms with van der Waals surface area (Å²) in [6.07, 6.45) is -0.147. The maximum absolute atomic E-state index is 12.4. The fourth-order valence-electron chi connectivity index (χ4n) is 2.56. The van der Waals surface area contributed by atoms with Crippen molar-refractivity contribution in [2.75, 3.05) is 32.8 Å². The van der Waals surface area contributed by atoms with Crippen LogP contribution < -0.4 is 4.72 Å². The molecule has 1 fully saturated rings. The molecule has 0 aromatic heterocycles. The van der Waals surface area contributed by atoms with E-state index in [1.807, 2.05) is 0 Å². The molecular formula is C15H22BrClN2O3S. The second-order valence-corrected chi connectivity index (χ2v) is 9.13. The summed E-state index contributed by atoms with van der Waals surface area (Å²) < 4.78 is 33.8. The van der Waals surface area contributed by atoms with E-state index in [0.29, 0.717) is 12.5 Å². The van der Waals surface area contributed by atoms with Gasteiger partial charge in [-0.2, -0.15) is 0 Å². The standard InChI is InChI=1S/C15H22BrClN2O3S/c1-11(2)9-19-5-6-22-13(10-19)8-18-23(20,21)15-4-3-12(16)7-14(15)17/h3-4,7,11,13,18H,5-6,8-10H2,1-2H3. The van der Waals surface area contributed by atoms with Crippen molar-refractivity contribution in [3.63, 3.8) is 0 Å². The number of hydrogen-bond donors (Lipinski definition) is 1. The zero-order chi connectivity index (χ0) is 17.0. The molecule has 5 nitrogen and oxygen atoms in total. The third-order valence-corrected chi connectivity index (χ3v) is 5.93. The van der Waals surface area contributed by atoms with E-state index in [9.17, 15) is 8.42 Å². The molecule has 0 spiro atoms. The van der Waals surface area contributed by atoms with E-state index in [1.54, 1.807) is 12.1 Å². The molecule has 1 unspecified atom stereocenters. The molecule has 130 valence electrons. The number of hydrogen-bond acceptors (Lipinski definition) is 4. The van der Waals surface area contributed by atoms with Crippen LogP contribution in [0, 0.1) is 5.92 Å². The minimum absolute atomic E-state index is 0.0808. The van der Waals surface area contributed by atoms with E-state index in [4.69, 9.17) is 16.3 Å². The average molecular weight is 426 g/mol. The van der Waals surface area contributed by atoms with Gasteiger partial charge in [-0.15, -0.1) is 0 Å². The molecular weight excluding hydrogens is 404 g/mol. The molecule has 1 aliphatic rings. The van der Waals surface area contributed by atoms with E-state index in [1.165, 1.54) is 6.07 Å². The fourth-order valence-corrected chi connectivity index (χ4v) is 4.66. The smallest absolute Gasteiger partial charge is 0.242 e. The molecule has 0 saturated carbocycles. The number of morpholine rings is 1. The maximum atomic E-state index is 12.4. The summed E-state index contributed by atoms with van der Waals surface area (Å²) >= 11 is 9.29. The van der Waals surface area contributed by atoms with Crippen molar-refractivity contribution < 1.29 is 13.2 Å². The third-order valence-electron chi connectivity index (χ3n) is 3.53. The maximum Gasteiger partial charge on any atom is 0.242 e. The summed E-state index contributed by atoms with van der Waals surface area (Å²) in [5.41, 5.74) is 0. The van der Waals surface area contributed by atoms with E-state index in [-0.39, 0.29) is 22.6 Å². The van der Waals surface area contributed by atoms with Crippen LogP contribution in [0.2, 0.25) is 5.02 Å². The highest BCUT2D eigenvalue weighted by molar-refractivity contribution is 9.10. The van der Waals surface area contributed by atoms with Crippen molar-refractivity contribution in [1.82, 2.24) is 9.62 Å². The molecule has 0 bridgehead atoms. The predicted molar refractivity (Wildman–Crippen MR) is 95.4 cm³/mol. The molecule has 0 aliphatic carbocycles. The van der Waals surface area contributed by atoms with Crippen molar-refractivity contribution in [3.8, 4) is 0 Å². The van der Waals surface area contributed by atoms with Gasteiger partial charge in [-0.1, -0.05) is 41.4 Å². The molecule has 1 N–H and O–H groups in total. The molecule has 1 atom stereocenters. The van der Waals surface area contributed by atoms with Gasteiger partial charge in [0.2, 0.25) is 10.0 Å². The quantitative estimate of drug-likeness (QED) is 0.761. The van der Waals surface area contributed by atoms with Crippen LogP contribution in [0.1, 0.15) is 13.8 Å². The van der Waals surface area contributed by atoms with Crippen LogP contribution in [0.4, 0.5) is 0 Å². The Morgan fingerprint density at radius 2 is 2.22 bits per heavy atom. The summed E-state index contributed by atoms with van der Waals surface area (Å²) in [5.74, 6) is 0.576. The lowest BCUT2D eigenvalue weighted by atomic mass is 10.2. The monoisotopic (exact) mass is 424 g/mol. The molecule has 2 rings (SSSR count). The first kappa shape index (κ1) is 19.1. The number of rotatable bonds is 6. The van der Waals surface area contributed by atoms with Gasteiger partial charge in [-0.25, -0.2) is 13.1 Å². The second kappa shape index (κ2) is 8.27. The normalized spacial score (nSPS) is 20.1. The Morgan fingerprint density at radius 1 is 1.48 bits per heavy atom. The Morgan fingerprint density at radius 3 is 2.87 bits per heavy atom. The van der Waals surface area contributed by atoms with Gasteiger partial charge in [-0.3, -0.25) is 4.90 Å². The van der Waals surface area contributed by atoms with E-state index >= 15 is 0 Å². The van der Waals surface area contributed by atoms with Gasteiger partial charge in [0.05, 0.1) is 17.7 Å². The SMILES string of the molecule is CC(C)CN1CCOC(CNS(=O)(=O)c2ccc(Br)cc2Cl)C1. The lowest BCUT2D eigenvalue weighted by Crippen LogP contribution is -2.48. The van der Waals surface area contributed by atoms with Crippen LogP contribution in [0.3, 0.4) is 0 Å². The fraction of sp³-hybridized carbons (Fsp3) is 0.600. The zero-order valence-corrected chi connectivity index (χ0v) is 16.4. The van der Waals surface area contributed by atoms with Crippen LogP contribution in [-0.4, -0.2) is 52.2 Å². The van der Waals surface area contributed by atoms with Gasteiger partial charge in [0.1, 0.15) is 4.90 Å². The van der Waals surface area contributed by atoms with Crippen LogP contribution in [-0.2, 0) is 14.8 Å². The molecule has 1 saturated heterocycles. The number of nitrogens with one attached hydrogen (secondary N) is 1. The van der Waals surface area contributed by atoms with Crippen LogP contribution in [0.15, 0.2) is 27.6 Å². The lowest BCUT2D eigenvalue weighted by Gasteiger charge is -2.33. The molecule has 1 heterocycles. The summed E-state index contributed by atoms with van der Waals surface area (Å²) in [5, 5.41) is 0.192. The zero-order valence-electron chi connectivity index (χ0n) is 13.3. The molecule has 1 aliphatic heterocycles. The number of halogens is 2. The predicted octanol–water partition coefficient (Wildman–Crippen LogP) is 2.74. The first-order valence-corrected chi connectivity index (χ1v) is 10.2. The van der Waals surface area contributed by atoms with Crippen molar-refractivity contribution in [3.05, 3.63) is 27.7 Å². The van der Waals surface area contributed by atoms with Crippen molar-refractivity contribution >= 4 is 37.6 Å².